The minimum atomic E-state index is -0.283. The van der Waals surface area contributed by atoms with Crippen molar-refractivity contribution < 1.29 is 9.53 Å². The molecule has 1 aromatic carbocycles. The normalized spacial score (nSPS) is 11.5. The number of carbonyl (C=O) groups is 1. The Morgan fingerprint density at radius 3 is 2.67 bits per heavy atom. The van der Waals surface area contributed by atoms with Crippen LogP contribution in [-0.4, -0.2) is 19.6 Å². The Morgan fingerprint density at radius 1 is 1.39 bits per heavy atom. The first-order valence-electron chi connectivity index (χ1n) is 6.14. The Balaban J connectivity index is 2.67. The molecule has 3 nitrogen and oxygen atoms in total. The van der Waals surface area contributed by atoms with Gasteiger partial charge < -0.3 is 10.1 Å². The van der Waals surface area contributed by atoms with Gasteiger partial charge in [0.2, 0.25) is 0 Å². The maximum absolute atomic E-state index is 11.2. The van der Waals surface area contributed by atoms with Crippen LogP contribution in [0, 0.1) is 0 Å². The molecule has 1 N–H and O–H groups in total. The van der Waals surface area contributed by atoms with Crippen LogP contribution in [0.25, 0.3) is 0 Å². The molecule has 0 radical (unpaired) electrons. The van der Waals surface area contributed by atoms with E-state index in [2.05, 4.69) is 36.0 Å². The highest BCUT2D eigenvalue weighted by Gasteiger charge is 2.05. The van der Waals surface area contributed by atoms with Crippen molar-refractivity contribution in [3.63, 3.8) is 0 Å². The molecule has 0 heterocycles. The number of esters is 1. The monoisotopic (exact) mass is 247 g/mol. The predicted octanol–water partition coefficient (Wildman–Crippen LogP) is 3.34. The van der Waals surface area contributed by atoms with E-state index in [1.165, 1.54) is 12.7 Å². The van der Waals surface area contributed by atoms with Crippen LogP contribution in [0.4, 0.5) is 5.69 Å². The first kappa shape index (κ1) is 14.3. The molecule has 1 rings (SSSR count). The van der Waals surface area contributed by atoms with E-state index < -0.39 is 0 Å². The molecule has 0 aliphatic heterocycles. The Bertz CT molecular complexity index is 436. The van der Waals surface area contributed by atoms with E-state index in [1.807, 2.05) is 18.2 Å². The van der Waals surface area contributed by atoms with Crippen molar-refractivity contribution in [1.29, 1.82) is 0 Å². The zero-order chi connectivity index (χ0) is 13.5. The molecule has 0 aliphatic carbocycles. The molecule has 3 heteroatoms. The first-order valence-corrected chi connectivity index (χ1v) is 6.14. The highest BCUT2D eigenvalue weighted by atomic mass is 16.5. The first-order chi connectivity index (χ1) is 8.56. The number of rotatable bonds is 5. The minimum absolute atomic E-state index is 0.283. The average Bonchev–Trinajstić information content (AvgIpc) is 2.38. The summed E-state index contributed by atoms with van der Waals surface area (Å²) >= 11 is 0. The van der Waals surface area contributed by atoms with Crippen LogP contribution in [0.2, 0.25) is 0 Å². The quantitative estimate of drug-likeness (QED) is 0.640. The number of ether oxygens (including phenoxy) is 1. The third-order valence-electron chi connectivity index (χ3n) is 2.79. The van der Waals surface area contributed by atoms with Crippen molar-refractivity contribution in [3.05, 3.63) is 41.5 Å². The van der Waals surface area contributed by atoms with Gasteiger partial charge in [0, 0.05) is 17.8 Å². The molecule has 98 valence electrons. The molecule has 0 spiro atoms. The van der Waals surface area contributed by atoms with Crippen LogP contribution in [0.3, 0.4) is 0 Å². The number of carbonyl (C=O) groups excluding carboxylic acids is 1. The number of nitrogens with one attached hydrogen (secondary N) is 1. The molecule has 18 heavy (non-hydrogen) atoms. The van der Waals surface area contributed by atoms with E-state index in [-0.39, 0.29) is 5.97 Å². The Kier molecular flexibility index (Phi) is 5.43. The summed E-state index contributed by atoms with van der Waals surface area (Å²) in [5.41, 5.74) is 3.01. The van der Waals surface area contributed by atoms with Gasteiger partial charge in [-0.2, -0.15) is 0 Å². The van der Waals surface area contributed by atoms with Crippen molar-refractivity contribution in [2.75, 3.05) is 19.0 Å². The fourth-order valence-electron chi connectivity index (χ4n) is 1.72. The lowest BCUT2D eigenvalue weighted by Crippen LogP contribution is -2.07. The van der Waals surface area contributed by atoms with Crippen LogP contribution in [0.15, 0.2) is 35.9 Å². The number of benzene rings is 1. The standard InChI is InChI=1S/C15H21NO2/c1-11(2)13-7-5-6-8-14(13)16-10-9-12(3)15(17)18-4/h5-9,11,16H,10H2,1-4H3/b12-9+. The van der Waals surface area contributed by atoms with Gasteiger partial charge in [-0.05, 0) is 24.5 Å². The van der Waals surface area contributed by atoms with Gasteiger partial charge in [0.25, 0.3) is 0 Å². The predicted molar refractivity (Wildman–Crippen MR) is 74.8 cm³/mol. The molecule has 0 aliphatic rings. The number of anilines is 1. The second kappa shape index (κ2) is 6.84. The lowest BCUT2D eigenvalue weighted by Gasteiger charge is -2.13. The fraction of sp³-hybridized carbons (Fsp3) is 0.400. The van der Waals surface area contributed by atoms with Gasteiger partial charge in [-0.25, -0.2) is 4.79 Å². The summed E-state index contributed by atoms with van der Waals surface area (Å²) in [6.45, 7) is 6.69. The summed E-state index contributed by atoms with van der Waals surface area (Å²) < 4.78 is 4.64. The maximum atomic E-state index is 11.2. The number of hydrogen-bond acceptors (Lipinski definition) is 3. The Morgan fingerprint density at radius 2 is 2.06 bits per heavy atom. The third kappa shape index (κ3) is 3.91. The van der Waals surface area contributed by atoms with Gasteiger partial charge in [0.05, 0.1) is 7.11 Å². The van der Waals surface area contributed by atoms with E-state index in [4.69, 9.17) is 0 Å². The molecule has 0 bridgehead atoms. The molecular formula is C15H21NO2. The largest absolute Gasteiger partial charge is 0.466 e. The summed E-state index contributed by atoms with van der Waals surface area (Å²) in [4.78, 5) is 11.2. The molecule has 0 saturated heterocycles. The van der Waals surface area contributed by atoms with Gasteiger partial charge in [0.15, 0.2) is 0 Å². The van der Waals surface area contributed by atoms with E-state index in [9.17, 15) is 4.79 Å². The molecule has 0 aromatic heterocycles. The van der Waals surface area contributed by atoms with E-state index in [0.717, 1.165) is 5.69 Å². The summed E-state index contributed by atoms with van der Waals surface area (Å²) in [6, 6.07) is 8.21. The van der Waals surface area contributed by atoms with Crippen molar-refractivity contribution >= 4 is 11.7 Å². The van der Waals surface area contributed by atoms with Crippen LogP contribution in [0.1, 0.15) is 32.3 Å². The molecule has 0 fully saturated rings. The molecule has 0 saturated carbocycles. The Hall–Kier alpha value is -1.77. The van der Waals surface area contributed by atoms with E-state index in [0.29, 0.717) is 18.0 Å². The number of methoxy groups -OCH3 is 1. The van der Waals surface area contributed by atoms with Crippen LogP contribution in [-0.2, 0) is 9.53 Å². The SMILES string of the molecule is COC(=O)/C(C)=C/CNc1ccccc1C(C)C. The maximum Gasteiger partial charge on any atom is 0.333 e. The summed E-state index contributed by atoms with van der Waals surface area (Å²) in [6.07, 6.45) is 1.84. The second-order valence-electron chi connectivity index (χ2n) is 4.50. The minimum Gasteiger partial charge on any atom is -0.466 e. The van der Waals surface area contributed by atoms with Gasteiger partial charge in [0.1, 0.15) is 0 Å². The van der Waals surface area contributed by atoms with Gasteiger partial charge in [-0.15, -0.1) is 0 Å². The third-order valence-corrected chi connectivity index (χ3v) is 2.79. The second-order valence-corrected chi connectivity index (χ2v) is 4.50. The van der Waals surface area contributed by atoms with Crippen LogP contribution in [0.5, 0.6) is 0 Å². The number of hydrogen-bond donors (Lipinski definition) is 1. The number of para-hydroxylation sites is 1. The van der Waals surface area contributed by atoms with Gasteiger partial charge in [-0.3, -0.25) is 0 Å². The summed E-state index contributed by atoms with van der Waals surface area (Å²) in [7, 11) is 1.39. The summed E-state index contributed by atoms with van der Waals surface area (Å²) in [5.74, 6) is 0.188. The molecular weight excluding hydrogens is 226 g/mol. The topological polar surface area (TPSA) is 38.3 Å². The lowest BCUT2D eigenvalue weighted by molar-refractivity contribution is -0.136. The smallest absolute Gasteiger partial charge is 0.333 e. The highest BCUT2D eigenvalue weighted by molar-refractivity contribution is 5.87. The van der Waals surface area contributed by atoms with E-state index in [1.54, 1.807) is 6.92 Å². The van der Waals surface area contributed by atoms with Crippen LogP contribution >= 0.6 is 0 Å². The van der Waals surface area contributed by atoms with Gasteiger partial charge >= 0.3 is 5.97 Å². The zero-order valence-electron chi connectivity index (χ0n) is 11.5. The highest BCUT2D eigenvalue weighted by Crippen LogP contribution is 2.23. The van der Waals surface area contributed by atoms with Crippen molar-refractivity contribution in [2.45, 2.75) is 26.7 Å². The lowest BCUT2D eigenvalue weighted by atomic mass is 10.0. The van der Waals surface area contributed by atoms with Crippen molar-refractivity contribution in [3.8, 4) is 0 Å². The average molecular weight is 247 g/mol. The zero-order valence-corrected chi connectivity index (χ0v) is 11.5. The fourth-order valence-corrected chi connectivity index (χ4v) is 1.72. The van der Waals surface area contributed by atoms with Crippen molar-refractivity contribution in [1.82, 2.24) is 0 Å². The molecule has 1 aromatic rings. The van der Waals surface area contributed by atoms with Crippen LogP contribution < -0.4 is 5.32 Å². The molecule has 0 atom stereocenters. The summed E-state index contributed by atoms with van der Waals surface area (Å²) in [5, 5.41) is 3.32. The Labute approximate surface area is 109 Å². The molecule has 0 unspecified atom stereocenters. The molecule has 0 amide bonds. The van der Waals surface area contributed by atoms with Gasteiger partial charge in [-0.1, -0.05) is 38.1 Å². The van der Waals surface area contributed by atoms with Crippen molar-refractivity contribution in [2.24, 2.45) is 0 Å². The van der Waals surface area contributed by atoms with E-state index >= 15 is 0 Å².